The van der Waals surface area contributed by atoms with Crippen LogP contribution < -0.4 is 0 Å². The van der Waals surface area contributed by atoms with E-state index in [1.54, 1.807) is 11.8 Å². The fraction of sp³-hybridized carbons (Fsp3) is 0.381. The van der Waals surface area contributed by atoms with E-state index in [1.165, 1.54) is 5.56 Å². The lowest BCUT2D eigenvalue weighted by atomic mass is 9.98. The summed E-state index contributed by atoms with van der Waals surface area (Å²) in [5.41, 5.74) is 2.01. The minimum absolute atomic E-state index is 0.151. The van der Waals surface area contributed by atoms with Gasteiger partial charge >= 0.3 is 0 Å². The van der Waals surface area contributed by atoms with E-state index in [1.807, 2.05) is 53.6 Å². The molecule has 132 valence electrons. The van der Waals surface area contributed by atoms with Crippen molar-refractivity contribution < 1.29 is 9.53 Å². The van der Waals surface area contributed by atoms with Crippen LogP contribution in [0.4, 0.5) is 0 Å². The van der Waals surface area contributed by atoms with Crippen LogP contribution in [0.3, 0.4) is 0 Å². The molecule has 1 aliphatic rings. The molecule has 2 aromatic carbocycles. The highest BCUT2D eigenvalue weighted by molar-refractivity contribution is 7.98. The first-order valence-corrected chi connectivity index (χ1v) is 10.0. The Morgan fingerprint density at radius 2 is 1.92 bits per heavy atom. The molecule has 1 atom stereocenters. The third-order valence-corrected chi connectivity index (χ3v) is 5.40. The molecule has 0 N–H and O–H groups in total. The number of carbonyl (C=O) groups is 1. The Balaban J connectivity index is 1.54. The molecule has 2 aromatic rings. The minimum atomic E-state index is 0.151. The summed E-state index contributed by atoms with van der Waals surface area (Å²) in [6, 6.07) is 18.1. The standard InChI is InChI=1S/C21H25NO2S/c1-25-20-12-6-5-11-19(20)21(23)22-13-7-10-18(14-22)16-24-15-17-8-3-2-4-9-17/h2-6,8-9,11-12,18H,7,10,13-16H2,1H3. The number of carbonyl (C=O) groups excluding carboxylic acids is 1. The van der Waals surface area contributed by atoms with Crippen molar-refractivity contribution in [1.82, 2.24) is 4.90 Å². The van der Waals surface area contributed by atoms with Crippen molar-refractivity contribution in [2.24, 2.45) is 5.92 Å². The Kier molecular flexibility index (Phi) is 6.54. The smallest absolute Gasteiger partial charge is 0.254 e. The number of amides is 1. The Labute approximate surface area is 154 Å². The second kappa shape index (κ2) is 9.07. The molecule has 0 aliphatic carbocycles. The van der Waals surface area contributed by atoms with Crippen molar-refractivity contribution in [1.29, 1.82) is 0 Å². The first kappa shape index (κ1) is 18.0. The van der Waals surface area contributed by atoms with Crippen molar-refractivity contribution in [3.8, 4) is 0 Å². The summed E-state index contributed by atoms with van der Waals surface area (Å²) >= 11 is 1.63. The molecular formula is C21H25NO2S. The number of piperidine rings is 1. The van der Waals surface area contributed by atoms with Gasteiger partial charge in [-0.2, -0.15) is 0 Å². The van der Waals surface area contributed by atoms with Gasteiger partial charge in [0.25, 0.3) is 5.91 Å². The second-order valence-corrected chi connectivity index (χ2v) is 7.31. The zero-order valence-electron chi connectivity index (χ0n) is 14.7. The quantitative estimate of drug-likeness (QED) is 0.716. The van der Waals surface area contributed by atoms with Crippen LogP contribution >= 0.6 is 11.8 Å². The van der Waals surface area contributed by atoms with Crippen LogP contribution in [0, 0.1) is 5.92 Å². The molecule has 0 radical (unpaired) electrons. The van der Waals surface area contributed by atoms with Gasteiger partial charge in [0.2, 0.25) is 0 Å². The van der Waals surface area contributed by atoms with Crippen LogP contribution in [-0.2, 0) is 11.3 Å². The van der Waals surface area contributed by atoms with Gasteiger partial charge in [-0.05, 0) is 42.7 Å². The lowest BCUT2D eigenvalue weighted by Gasteiger charge is -2.33. The highest BCUT2D eigenvalue weighted by atomic mass is 32.2. The van der Waals surface area contributed by atoms with E-state index in [0.717, 1.165) is 36.4 Å². The van der Waals surface area contributed by atoms with Gasteiger partial charge in [0.1, 0.15) is 0 Å². The molecule has 1 saturated heterocycles. The Morgan fingerprint density at radius 3 is 2.72 bits per heavy atom. The second-order valence-electron chi connectivity index (χ2n) is 6.46. The number of benzene rings is 2. The van der Waals surface area contributed by atoms with Crippen LogP contribution in [-0.4, -0.2) is 36.8 Å². The maximum atomic E-state index is 12.9. The average Bonchev–Trinajstić information content (AvgIpc) is 2.68. The highest BCUT2D eigenvalue weighted by Gasteiger charge is 2.25. The molecule has 0 saturated carbocycles. The molecule has 1 unspecified atom stereocenters. The Morgan fingerprint density at radius 1 is 1.16 bits per heavy atom. The van der Waals surface area contributed by atoms with E-state index < -0.39 is 0 Å². The first-order chi connectivity index (χ1) is 12.3. The van der Waals surface area contributed by atoms with E-state index in [9.17, 15) is 4.79 Å². The van der Waals surface area contributed by atoms with Crippen molar-refractivity contribution in [3.63, 3.8) is 0 Å². The van der Waals surface area contributed by atoms with Gasteiger partial charge in [0.05, 0.1) is 18.8 Å². The van der Waals surface area contributed by atoms with Crippen LogP contribution in [0.2, 0.25) is 0 Å². The fourth-order valence-electron chi connectivity index (χ4n) is 3.29. The van der Waals surface area contributed by atoms with Crippen molar-refractivity contribution in [3.05, 3.63) is 65.7 Å². The topological polar surface area (TPSA) is 29.5 Å². The molecule has 1 amide bonds. The third kappa shape index (κ3) is 4.86. The molecule has 0 spiro atoms. The number of hydrogen-bond acceptors (Lipinski definition) is 3. The van der Waals surface area contributed by atoms with E-state index >= 15 is 0 Å². The number of ether oxygens (including phenoxy) is 1. The molecule has 3 rings (SSSR count). The molecule has 1 aliphatic heterocycles. The third-order valence-electron chi connectivity index (χ3n) is 4.61. The van der Waals surface area contributed by atoms with Crippen LogP contribution in [0.5, 0.6) is 0 Å². The summed E-state index contributed by atoms with van der Waals surface area (Å²) in [5.74, 6) is 0.570. The summed E-state index contributed by atoms with van der Waals surface area (Å²) in [5, 5.41) is 0. The maximum Gasteiger partial charge on any atom is 0.254 e. The summed E-state index contributed by atoms with van der Waals surface area (Å²) < 4.78 is 5.90. The van der Waals surface area contributed by atoms with Gasteiger partial charge in [0, 0.05) is 18.0 Å². The summed E-state index contributed by atoms with van der Waals surface area (Å²) in [6.45, 7) is 2.98. The molecule has 3 nitrogen and oxygen atoms in total. The van der Waals surface area contributed by atoms with Crippen LogP contribution in [0.1, 0.15) is 28.8 Å². The maximum absolute atomic E-state index is 12.9. The van der Waals surface area contributed by atoms with Crippen molar-refractivity contribution in [2.75, 3.05) is 26.0 Å². The average molecular weight is 356 g/mol. The number of nitrogens with zero attached hydrogens (tertiary/aromatic N) is 1. The predicted octanol–water partition coefficient (Wildman–Crippen LogP) is 4.48. The zero-order valence-corrected chi connectivity index (χ0v) is 15.5. The molecule has 4 heteroatoms. The van der Waals surface area contributed by atoms with E-state index in [4.69, 9.17) is 4.74 Å². The monoisotopic (exact) mass is 355 g/mol. The molecule has 0 bridgehead atoms. The van der Waals surface area contributed by atoms with Gasteiger partial charge < -0.3 is 9.64 Å². The van der Waals surface area contributed by atoms with Crippen LogP contribution in [0.15, 0.2) is 59.5 Å². The summed E-state index contributed by atoms with van der Waals surface area (Å²) in [7, 11) is 0. The van der Waals surface area contributed by atoms with Gasteiger partial charge in [-0.1, -0.05) is 42.5 Å². The molecular weight excluding hydrogens is 330 g/mol. The van der Waals surface area contributed by atoms with Gasteiger partial charge in [-0.3, -0.25) is 4.79 Å². The predicted molar refractivity (Wildman–Crippen MR) is 103 cm³/mol. The highest BCUT2D eigenvalue weighted by Crippen LogP contribution is 2.24. The van der Waals surface area contributed by atoms with E-state index in [0.29, 0.717) is 19.1 Å². The number of thioether (sulfide) groups is 1. The summed E-state index contributed by atoms with van der Waals surface area (Å²) in [4.78, 5) is 15.9. The lowest BCUT2D eigenvalue weighted by molar-refractivity contribution is 0.0423. The minimum Gasteiger partial charge on any atom is -0.376 e. The Bertz CT molecular complexity index is 689. The molecule has 1 heterocycles. The van der Waals surface area contributed by atoms with Gasteiger partial charge in [0.15, 0.2) is 0 Å². The normalized spacial score (nSPS) is 17.5. The lowest BCUT2D eigenvalue weighted by Crippen LogP contribution is -2.41. The van der Waals surface area contributed by atoms with E-state index in [-0.39, 0.29) is 5.91 Å². The molecule has 25 heavy (non-hydrogen) atoms. The van der Waals surface area contributed by atoms with Gasteiger partial charge in [-0.15, -0.1) is 11.8 Å². The molecule has 0 aromatic heterocycles. The Hall–Kier alpha value is -1.78. The zero-order chi connectivity index (χ0) is 17.5. The van der Waals surface area contributed by atoms with Crippen LogP contribution in [0.25, 0.3) is 0 Å². The van der Waals surface area contributed by atoms with E-state index in [2.05, 4.69) is 12.1 Å². The summed E-state index contributed by atoms with van der Waals surface area (Å²) in [6.07, 6.45) is 4.19. The van der Waals surface area contributed by atoms with Crippen molar-refractivity contribution >= 4 is 17.7 Å². The number of hydrogen-bond donors (Lipinski definition) is 0. The fourth-order valence-corrected chi connectivity index (χ4v) is 3.88. The number of likely N-dealkylation sites (tertiary alicyclic amines) is 1. The number of rotatable bonds is 6. The molecule has 1 fully saturated rings. The van der Waals surface area contributed by atoms with Crippen molar-refractivity contribution in [2.45, 2.75) is 24.3 Å². The SMILES string of the molecule is CSc1ccccc1C(=O)N1CCCC(COCc2ccccc2)C1. The van der Waals surface area contributed by atoms with Gasteiger partial charge in [-0.25, -0.2) is 0 Å². The largest absolute Gasteiger partial charge is 0.376 e. The first-order valence-electron chi connectivity index (χ1n) is 8.82.